The number of carbonyl (C=O) groups is 2. The average Bonchev–Trinajstić information content (AvgIpc) is 2.63. The van der Waals surface area contributed by atoms with E-state index in [0.29, 0.717) is 0 Å². The molecular formula is C8H12O4. The highest BCUT2D eigenvalue weighted by Gasteiger charge is 2.19. The summed E-state index contributed by atoms with van der Waals surface area (Å²) in [5.41, 5.74) is 0. The largest absolute Gasteiger partial charge is 0.393 e. The number of esters is 2. The van der Waals surface area contributed by atoms with Crippen molar-refractivity contribution in [2.24, 2.45) is 0 Å². The maximum atomic E-state index is 10.0. The lowest BCUT2D eigenvalue weighted by Gasteiger charge is -1.79. The first-order valence-corrected chi connectivity index (χ1v) is 4.10. The summed E-state index contributed by atoms with van der Waals surface area (Å²) in [6.07, 6.45) is 3.08. The Labute approximate surface area is 70.8 Å². The van der Waals surface area contributed by atoms with Gasteiger partial charge in [0.2, 0.25) is 0 Å². The molecule has 0 atom stereocenters. The van der Waals surface area contributed by atoms with E-state index in [1.165, 1.54) is 12.8 Å². The Kier molecular flexibility index (Phi) is 3.73. The van der Waals surface area contributed by atoms with Crippen molar-refractivity contribution in [3.8, 4) is 0 Å². The Morgan fingerprint density at radius 1 is 0.917 bits per heavy atom. The Balaban J connectivity index is 0.000000127. The molecule has 0 bridgehead atoms. The summed E-state index contributed by atoms with van der Waals surface area (Å²) in [7, 11) is 0. The molecule has 0 amide bonds. The van der Waals surface area contributed by atoms with Crippen LogP contribution < -0.4 is 0 Å². The highest BCUT2D eigenvalue weighted by molar-refractivity contribution is 5.92. The highest BCUT2D eigenvalue weighted by Crippen LogP contribution is 2.03. The van der Waals surface area contributed by atoms with Gasteiger partial charge < -0.3 is 9.47 Å². The molecule has 0 aromatic heterocycles. The second kappa shape index (κ2) is 4.87. The van der Waals surface area contributed by atoms with Gasteiger partial charge in [0.25, 0.3) is 0 Å². The second-order valence-corrected chi connectivity index (χ2v) is 2.67. The molecule has 2 rings (SSSR count). The normalized spacial score (nSPS) is 21.7. The Morgan fingerprint density at radius 3 is 1.58 bits per heavy atom. The lowest BCUT2D eigenvalue weighted by Crippen LogP contribution is -1.94. The minimum absolute atomic E-state index is 0.263. The zero-order valence-corrected chi connectivity index (χ0v) is 6.88. The molecule has 0 radical (unpaired) electrons. The van der Waals surface area contributed by atoms with Gasteiger partial charge in [-0.1, -0.05) is 0 Å². The fourth-order valence-electron chi connectivity index (χ4n) is 0.943. The summed E-state index contributed by atoms with van der Waals surface area (Å²) < 4.78 is 9.03. The van der Waals surface area contributed by atoms with Crippen molar-refractivity contribution in [1.82, 2.24) is 0 Å². The van der Waals surface area contributed by atoms with Crippen LogP contribution in [0, 0.1) is 0 Å². The topological polar surface area (TPSA) is 52.6 Å². The summed E-state index contributed by atoms with van der Waals surface area (Å²) in [5.74, 6) is -0.796. The fraction of sp³-hybridized carbons (Fsp3) is 0.750. The monoisotopic (exact) mass is 172 g/mol. The predicted molar refractivity (Wildman–Crippen MR) is 40.4 cm³/mol. The smallest absolute Gasteiger partial charge is 0.314 e. The van der Waals surface area contributed by atoms with Crippen molar-refractivity contribution in [2.45, 2.75) is 25.7 Å². The molecule has 2 saturated heterocycles. The predicted octanol–water partition coefficient (Wildman–Crippen LogP) is 0.647. The molecule has 4 heteroatoms. The third-order valence-corrected chi connectivity index (χ3v) is 1.59. The van der Waals surface area contributed by atoms with Crippen LogP contribution in [-0.4, -0.2) is 25.2 Å². The number of hydrogen-bond donors (Lipinski definition) is 0. The minimum Gasteiger partial charge on any atom is -0.393 e. The lowest BCUT2D eigenvalue weighted by molar-refractivity contribution is -0.151. The standard InChI is InChI=1S/C4H4O3.C4H8O/c5-3-1-2-4(6)7-3;1-2-4-5-3-1/h1-2H2;1-4H2. The molecule has 0 aromatic carbocycles. The molecule has 2 aliphatic heterocycles. The van der Waals surface area contributed by atoms with Crippen LogP contribution in [0.3, 0.4) is 0 Å². The Morgan fingerprint density at radius 2 is 1.42 bits per heavy atom. The summed E-state index contributed by atoms with van der Waals surface area (Å²) in [5, 5.41) is 0. The molecule has 2 fully saturated rings. The van der Waals surface area contributed by atoms with E-state index in [0.717, 1.165) is 13.2 Å². The maximum Gasteiger partial charge on any atom is 0.314 e. The quantitative estimate of drug-likeness (QED) is 0.397. The molecule has 68 valence electrons. The molecule has 2 aliphatic rings. The van der Waals surface area contributed by atoms with Crippen molar-refractivity contribution < 1.29 is 19.1 Å². The van der Waals surface area contributed by atoms with Gasteiger partial charge >= 0.3 is 11.9 Å². The van der Waals surface area contributed by atoms with Gasteiger partial charge in [0.1, 0.15) is 0 Å². The number of carbonyl (C=O) groups excluding carboxylic acids is 2. The Hall–Kier alpha value is -0.900. The maximum absolute atomic E-state index is 10.0. The third kappa shape index (κ3) is 3.48. The van der Waals surface area contributed by atoms with E-state index in [2.05, 4.69) is 4.74 Å². The molecule has 0 aromatic rings. The SMILES string of the molecule is C1CCOC1.O=C1CCC(=O)O1. The fourth-order valence-corrected chi connectivity index (χ4v) is 0.943. The van der Waals surface area contributed by atoms with Gasteiger partial charge in [-0.25, -0.2) is 0 Å². The van der Waals surface area contributed by atoms with Crippen LogP contribution in [0.4, 0.5) is 0 Å². The van der Waals surface area contributed by atoms with Crippen LogP contribution in [0.1, 0.15) is 25.7 Å². The van der Waals surface area contributed by atoms with Crippen LogP contribution in [0.5, 0.6) is 0 Å². The van der Waals surface area contributed by atoms with Crippen molar-refractivity contribution in [2.75, 3.05) is 13.2 Å². The zero-order chi connectivity index (χ0) is 8.81. The first kappa shape index (κ1) is 9.19. The van der Waals surface area contributed by atoms with Crippen LogP contribution in [0.2, 0.25) is 0 Å². The molecule has 0 saturated carbocycles. The molecular weight excluding hydrogens is 160 g/mol. The van der Waals surface area contributed by atoms with Crippen molar-refractivity contribution in [3.05, 3.63) is 0 Å². The molecule has 0 spiro atoms. The third-order valence-electron chi connectivity index (χ3n) is 1.59. The number of rotatable bonds is 0. The van der Waals surface area contributed by atoms with Crippen LogP contribution in [0.15, 0.2) is 0 Å². The Bertz CT molecular complexity index is 150. The van der Waals surface area contributed by atoms with E-state index in [-0.39, 0.29) is 12.8 Å². The summed E-state index contributed by atoms with van der Waals surface area (Å²) in [6.45, 7) is 2.00. The number of cyclic esters (lactones) is 2. The van der Waals surface area contributed by atoms with Gasteiger partial charge in [-0.3, -0.25) is 9.59 Å². The summed E-state index contributed by atoms with van der Waals surface area (Å²) in [4.78, 5) is 20.0. The van der Waals surface area contributed by atoms with Gasteiger partial charge in [0, 0.05) is 13.2 Å². The van der Waals surface area contributed by atoms with Gasteiger partial charge in [-0.15, -0.1) is 0 Å². The van der Waals surface area contributed by atoms with E-state index in [9.17, 15) is 9.59 Å². The van der Waals surface area contributed by atoms with E-state index >= 15 is 0 Å². The summed E-state index contributed by atoms with van der Waals surface area (Å²) >= 11 is 0. The van der Waals surface area contributed by atoms with E-state index in [4.69, 9.17) is 4.74 Å². The van der Waals surface area contributed by atoms with Gasteiger partial charge in [-0.05, 0) is 12.8 Å². The average molecular weight is 172 g/mol. The molecule has 4 nitrogen and oxygen atoms in total. The van der Waals surface area contributed by atoms with E-state index in [1.807, 2.05) is 0 Å². The van der Waals surface area contributed by atoms with Crippen molar-refractivity contribution in [3.63, 3.8) is 0 Å². The number of hydrogen-bond acceptors (Lipinski definition) is 4. The zero-order valence-electron chi connectivity index (χ0n) is 6.88. The molecule has 2 heterocycles. The first-order chi connectivity index (χ1) is 5.79. The highest BCUT2D eigenvalue weighted by atomic mass is 16.6. The second-order valence-electron chi connectivity index (χ2n) is 2.67. The van der Waals surface area contributed by atoms with E-state index in [1.54, 1.807) is 0 Å². The molecule has 12 heavy (non-hydrogen) atoms. The molecule has 0 N–H and O–H groups in total. The van der Waals surface area contributed by atoms with E-state index < -0.39 is 11.9 Å². The summed E-state index contributed by atoms with van der Waals surface area (Å²) in [6, 6.07) is 0. The van der Waals surface area contributed by atoms with Gasteiger partial charge in [-0.2, -0.15) is 0 Å². The number of ether oxygens (including phenoxy) is 2. The van der Waals surface area contributed by atoms with Crippen LogP contribution in [-0.2, 0) is 19.1 Å². The molecule has 0 aliphatic carbocycles. The van der Waals surface area contributed by atoms with Crippen LogP contribution >= 0.6 is 0 Å². The lowest BCUT2D eigenvalue weighted by atomic mass is 10.4. The van der Waals surface area contributed by atoms with Crippen molar-refractivity contribution >= 4 is 11.9 Å². The van der Waals surface area contributed by atoms with Gasteiger partial charge in [0.15, 0.2) is 0 Å². The van der Waals surface area contributed by atoms with Gasteiger partial charge in [0.05, 0.1) is 12.8 Å². The first-order valence-electron chi connectivity index (χ1n) is 4.10. The van der Waals surface area contributed by atoms with Crippen LogP contribution in [0.25, 0.3) is 0 Å². The molecule has 0 unspecified atom stereocenters. The van der Waals surface area contributed by atoms with Crippen molar-refractivity contribution in [1.29, 1.82) is 0 Å². The minimum atomic E-state index is -0.398.